The number of fused-ring (bicyclic) bond motifs is 1. The predicted octanol–water partition coefficient (Wildman–Crippen LogP) is 4.07. The highest BCUT2D eigenvalue weighted by molar-refractivity contribution is 5.77. The van der Waals surface area contributed by atoms with E-state index >= 15 is 0 Å². The number of piperidine rings is 1. The fourth-order valence-corrected chi connectivity index (χ4v) is 4.02. The van der Waals surface area contributed by atoms with Crippen LogP contribution < -0.4 is 10.1 Å². The van der Waals surface area contributed by atoms with E-state index in [1.807, 2.05) is 18.2 Å². The molecule has 0 aliphatic carbocycles. The van der Waals surface area contributed by atoms with Gasteiger partial charge in [0.25, 0.3) is 0 Å². The van der Waals surface area contributed by atoms with E-state index in [1.54, 1.807) is 6.07 Å². The summed E-state index contributed by atoms with van der Waals surface area (Å²) in [5.41, 5.74) is 0.298. The molecule has 2 aliphatic rings. The van der Waals surface area contributed by atoms with E-state index in [0.717, 1.165) is 43.9 Å². The van der Waals surface area contributed by atoms with Crippen LogP contribution in [0.4, 0.5) is 13.2 Å². The van der Waals surface area contributed by atoms with E-state index in [4.69, 9.17) is 4.74 Å². The molecule has 2 atom stereocenters. The van der Waals surface area contributed by atoms with Crippen LogP contribution in [0.25, 0.3) is 0 Å². The first-order chi connectivity index (χ1) is 13.4. The number of ether oxygens (including phenoxy) is 1. The molecule has 2 aromatic rings. The number of hydrogen-bond acceptors (Lipinski definition) is 3. The number of carbonyl (C=O) groups is 1. The number of benzene rings is 2. The third-order valence-corrected chi connectivity index (χ3v) is 5.36. The zero-order chi connectivity index (χ0) is 19.7. The molecule has 1 amide bonds. The van der Waals surface area contributed by atoms with E-state index in [2.05, 4.69) is 10.2 Å². The summed E-state index contributed by atoms with van der Waals surface area (Å²) in [4.78, 5) is 13.9. The minimum Gasteiger partial charge on any atom is -0.457 e. The van der Waals surface area contributed by atoms with Crippen molar-refractivity contribution in [3.63, 3.8) is 0 Å². The maximum Gasteiger partial charge on any atom is 0.416 e. The fourth-order valence-electron chi connectivity index (χ4n) is 4.02. The number of likely N-dealkylation sites (tertiary alicyclic amines) is 1. The topological polar surface area (TPSA) is 41.6 Å². The Morgan fingerprint density at radius 2 is 1.75 bits per heavy atom. The van der Waals surface area contributed by atoms with Crippen LogP contribution in [0, 0.1) is 11.8 Å². The quantitative estimate of drug-likeness (QED) is 0.856. The summed E-state index contributed by atoms with van der Waals surface area (Å²) in [6.45, 7) is 3.28. The van der Waals surface area contributed by atoms with Crippen molar-refractivity contribution in [2.75, 3.05) is 19.6 Å². The van der Waals surface area contributed by atoms with Crippen molar-refractivity contribution in [2.45, 2.75) is 19.1 Å². The monoisotopic (exact) mass is 390 g/mol. The van der Waals surface area contributed by atoms with Gasteiger partial charge in [-0.2, -0.15) is 13.2 Å². The lowest BCUT2D eigenvalue weighted by Gasteiger charge is -2.23. The Balaban J connectivity index is 1.42. The van der Waals surface area contributed by atoms with Crippen LogP contribution in [0.2, 0.25) is 0 Å². The molecule has 4 nitrogen and oxygen atoms in total. The normalized spacial score (nSPS) is 22.6. The zero-order valence-corrected chi connectivity index (χ0v) is 15.2. The number of alkyl halides is 3. The minimum atomic E-state index is -4.40. The summed E-state index contributed by atoms with van der Waals surface area (Å²) in [6.07, 6.45) is -3.82. The number of amides is 1. The van der Waals surface area contributed by atoms with Crippen molar-refractivity contribution in [1.82, 2.24) is 10.2 Å². The van der Waals surface area contributed by atoms with Gasteiger partial charge in [0.2, 0.25) is 5.91 Å². The molecule has 0 saturated carbocycles. The second-order valence-electron chi connectivity index (χ2n) is 7.50. The molecule has 28 heavy (non-hydrogen) atoms. The Kier molecular flexibility index (Phi) is 5.02. The van der Waals surface area contributed by atoms with Gasteiger partial charge in [0, 0.05) is 32.6 Å². The van der Waals surface area contributed by atoms with E-state index in [0.29, 0.717) is 24.0 Å². The van der Waals surface area contributed by atoms with Crippen molar-refractivity contribution in [3.8, 4) is 11.5 Å². The standard InChI is InChI=1S/C21H21F3N2O2/c22-21(23,24)17-4-2-6-19(9-17)28-18-5-1-3-14(7-18)11-26-12-15-8-20(27)25-10-16(15)13-26/h1-7,9,15-16H,8,10-13H2,(H,25,27)/t15-,16+/m1/s1. The summed E-state index contributed by atoms with van der Waals surface area (Å²) in [6, 6.07) is 12.3. The number of nitrogens with one attached hydrogen (secondary N) is 1. The van der Waals surface area contributed by atoms with Crippen LogP contribution in [0.1, 0.15) is 17.5 Å². The Morgan fingerprint density at radius 3 is 2.54 bits per heavy atom. The second-order valence-corrected chi connectivity index (χ2v) is 7.50. The molecule has 0 unspecified atom stereocenters. The minimum absolute atomic E-state index is 0.125. The summed E-state index contributed by atoms with van der Waals surface area (Å²) < 4.78 is 44.2. The fraction of sp³-hybridized carbons (Fsp3) is 0.381. The van der Waals surface area contributed by atoms with Gasteiger partial charge in [-0.1, -0.05) is 18.2 Å². The van der Waals surface area contributed by atoms with Crippen LogP contribution in [-0.2, 0) is 17.5 Å². The molecular weight excluding hydrogens is 369 g/mol. The molecule has 4 rings (SSSR count). The molecule has 0 bridgehead atoms. The van der Waals surface area contributed by atoms with Gasteiger partial charge in [-0.15, -0.1) is 0 Å². The number of rotatable bonds is 4. The number of halogens is 3. The molecule has 2 aliphatic heterocycles. The highest BCUT2D eigenvalue weighted by atomic mass is 19.4. The Hall–Kier alpha value is -2.54. The number of nitrogens with zero attached hydrogens (tertiary/aromatic N) is 1. The van der Waals surface area contributed by atoms with Gasteiger partial charge < -0.3 is 10.1 Å². The van der Waals surface area contributed by atoms with Gasteiger partial charge >= 0.3 is 6.18 Å². The Bertz CT molecular complexity index is 869. The first kappa shape index (κ1) is 18.8. The van der Waals surface area contributed by atoms with E-state index < -0.39 is 11.7 Å². The van der Waals surface area contributed by atoms with E-state index in [1.165, 1.54) is 12.1 Å². The smallest absolute Gasteiger partial charge is 0.416 e. The lowest BCUT2D eigenvalue weighted by molar-refractivity contribution is -0.137. The molecule has 2 aromatic carbocycles. The van der Waals surface area contributed by atoms with Crippen LogP contribution in [0.3, 0.4) is 0 Å². The molecule has 0 aromatic heterocycles. The predicted molar refractivity (Wildman–Crippen MR) is 97.8 cm³/mol. The summed E-state index contributed by atoms with van der Waals surface area (Å²) in [5.74, 6) is 1.68. The van der Waals surface area contributed by atoms with E-state index in [9.17, 15) is 18.0 Å². The zero-order valence-electron chi connectivity index (χ0n) is 15.2. The highest BCUT2D eigenvalue weighted by Crippen LogP contribution is 2.33. The largest absolute Gasteiger partial charge is 0.457 e. The average Bonchev–Trinajstić information content (AvgIpc) is 3.03. The third kappa shape index (κ3) is 4.30. The third-order valence-electron chi connectivity index (χ3n) is 5.36. The summed E-state index contributed by atoms with van der Waals surface area (Å²) in [5, 5.41) is 2.92. The molecule has 0 radical (unpaired) electrons. The number of hydrogen-bond donors (Lipinski definition) is 1. The van der Waals surface area contributed by atoms with Crippen molar-refractivity contribution >= 4 is 5.91 Å². The lowest BCUT2D eigenvalue weighted by atomic mass is 9.89. The van der Waals surface area contributed by atoms with Gasteiger partial charge in [0.15, 0.2) is 0 Å². The van der Waals surface area contributed by atoms with Crippen molar-refractivity contribution in [1.29, 1.82) is 0 Å². The molecule has 2 fully saturated rings. The second kappa shape index (κ2) is 7.47. The van der Waals surface area contributed by atoms with Crippen LogP contribution in [0.15, 0.2) is 48.5 Å². The van der Waals surface area contributed by atoms with Gasteiger partial charge in [-0.05, 0) is 47.7 Å². The SMILES string of the molecule is O=C1C[C@@H]2CN(Cc3cccc(Oc4cccc(C(F)(F)F)c4)c3)C[C@@H]2CN1. The van der Waals surface area contributed by atoms with Gasteiger partial charge in [-0.3, -0.25) is 9.69 Å². The number of carbonyl (C=O) groups excluding carboxylic acids is 1. The molecule has 2 heterocycles. The van der Waals surface area contributed by atoms with E-state index in [-0.39, 0.29) is 11.7 Å². The van der Waals surface area contributed by atoms with Crippen molar-refractivity contribution in [3.05, 3.63) is 59.7 Å². The highest BCUT2D eigenvalue weighted by Gasteiger charge is 2.37. The molecule has 148 valence electrons. The summed E-state index contributed by atoms with van der Waals surface area (Å²) >= 11 is 0. The van der Waals surface area contributed by atoms with Crippen molar-refractivity contribution in [2.24, 2.45) is 11.8 Å². The van der Waals surface area contributed by atoms with Crippen LogP contribution >= 0.6 is 0 Å². The first-order valence-electron chi connectivity index (χ1n) is 9.30. The molecular formula is C21H21F3N2O2. The average molecular weight is 390 g/mol. The Morgan fingerprint density at radius 1 is 1.04 bits per heavy atom. The van der Waals surface area contributed by atoms with Gasteiger partial charge in [0.05, 0.1) is 5.56 Å². The summed E-state index contributed by atoms with van der Waals surface area (Å²) in [7, 11) is 0. The molecule has 7 heteroatoms. The molecule has 2 saturated heterocycles. The van der Waals surface area contributed by atoms with Crippen molar-refractivity contribution < 1.29 is 22.7 Å². The van der Waals surface area contributed by atoms with Crippen LogP contribution in [0.5, 0.6) is 11.5 Å². The first-order valence-corrected chi connectivity index (χ1v) is 9.30. The molecule has 0 spiro atoms. The molecule has 1 N–H and O–H groups in total. The maximum atomic E-state index is 12.9. The van der Waals surface area contributed by atoms with Gasteiger partial charge in [-0.25, -0.2) is 0 Å². The van der Waals surface area contributed by atoms with Crippen LogP contribution in [-0.4, -0.2) is 30.4 Å². The lowest BCUT2D eigenvalue weighted by Crippen LogP contribution is -2.39. The Labute approximate surface area is 161 Å². The van der Waals surface area contributed by atoms with Gasteiger partial charge in [0.1, 0.15) is 11.5 Å². The maximum absolute atomic E-state index is 12.9.